The van der Waals surface area contributed by atoms with E-state index in [1.165, 1.54) is 0 Å². The van der Waals surface area contributed by atoms with E-state index in [1.54, 1.807) is 12.1 Å². The Morgan fingerprint density at radius 3 is 2.30 bits per heavy atom. The van der Waals surface area contributed by atoms with Crippen molar-refractivity contribution in [1.82, 2.24) is 0 Å². The first-order valence-electron chi connectivity index (χ1n) is 10.9. The normalized spacial score (nSPS) is 20.4. The largest absolute Gasteiger partial charge is 0.458 e. The van der Waals surface area contributed by atoms with Crippen LogP contribution in [0.15, 0.2) is 35.9 Å². The highest BCUT2D eigenvalue weighted by Gasteiger charge is 2.44. The molecule has 1 aromatic carbocycles. The molecular formula is C25H36O5. The van der Waals surface area contributed by atoms with Crippen LogP contribution in [0.1, 0.15) is 69.3 Å². The van der Waals surface area contributed by atoms with Crippen molar-refractivity contribution in [2.45, 2.75) is 65.9 Å². The van der Waals surface area contributed by atoms with Gasteiger partial charge in [0.2, 0.25) is 0 Å². The van der Waals surface area contributed by atoms with E-state index < -0.39 is 24.1 Å². The quantitative estimate of drug-likeness (QED) is 0.436. The van der Waals surface area contributed by atoms with Crippen LogP contribution in [0.2, 0.25) is 0 Å². The lowest BCUT2D eigenvalue weighted by atomic mass is 9.86. The molecule has 166 valence electrons. The Bertz CT molecular complexity index is 737. The van der Waals surface area contributed by atoms with Crippen LogP contribution in [0.3, 0.4) is 0 Å². The summed E-state index contributed by atoms with van der Waals surface area (Å²) in [5, 5.41) is 9.89. The Hall–Kier alpha value is -2.14. The number of cyclic esters (lactones) is 1. The number of allylic oxidation sites excluding steroid dienone is 1. The summed E-state index contributed by atoms with van der Waals surface area (Å²) >= 11 is 0. The molecule has 1 atom stereocenters. The van der Waals surface area contributed by atoms with Crippen molar-refractivity contribution in [2.75, 3.05) is 13.2 Å². The maximum absolute atomic E-state index is 12.4. The lowest BCUT2D eigenvalue weighted by molar-refractivity contribution is -0.154. The summed E-state index contributed by atoms with van der Waals surface area (Å²) in [6, 6.07) is 7.05. The number of ether oxygens (including phenoxy) is 2. The monoisotopic (exact) mass is 416 g/mol. The molecule has 0 bridgehead atoms. The van der Waals surface area contributed by atoms with Crippen LogP contribution in [0, 0.1) is 24.7 Å². The van der Waals surface area contributed by atoms with Crippen molar-refractivity contribution in [3.05, 3.63) is 47.0 Å². The number of hydrogen-bond acceptors (Lipinski definition) is 5. The average molecular weight is 417 g/mol. The fraction of sp³-hybridized carbons (Fsp3) is 0.600. The third kappa shape index (κ3) is 6.98. The summed E-state index contributed by atoms with van der Waals surface area (Å²) in [6.07, 6.45) is 5.23. The summed E-state index contributed by atoms with van der Waals surface area (Å²) in [5.41, 5.74) is 0.840. The zero-order valence-electron chi connectivity index (χ0n) is 18.9. The van der Waals surface area contributed by atoms with Gasteiger partial charge in [0.15, 0.2) is 5.60 Å². The standard InChI is InChI=1S/C25H36O5/c1-17(2)12-20(13-18(3)4)8-11-22-14-25(15-26,30-24(22)28)16-29-23(27)21-9-6-19(5)7-10-21/h6-7,9-11,17-18,20,26H,8,12-16H2,1-5H3/b22-11+/t25-/m1/s1. The van der Waals surface area contributed by atoms with E-state index in [1.807, 2.05) is 25.1 Å². The second-order valence-electron chi connectivity index (χ2n) is 9.44. The molecule has 0 saturated carbocycles. The van der Waals surface area contributed by atoms with Gasteiger partial charge >= 0.3 is 11.9 Å². The fourth-order valence-corrected chi connectivity index (χ4v) is 3.99. The van der Waals surface area contributed by atoms with Gasteiger partial charge in [-0.2, -0.15) is 0 Å². The summed E-state index contributed by atoms with van der Waals surface area (Å²) < 4.78 is 10.8. The van der Waals surface area contributed by atoms with Crippen molar-refractivity contribution in [3.8, 4) is 0 Å². The molecule has 2 rings (SSSR count). The third-order valence-corrected chi connectivity index (χ3v) is 5.43. The van der Waals surface area contributed by atoms with Gasteiger partial charge in [-0.1, -0.05) is 51.5 Å². The first-order valence-corrected chi connectivity index (χ1v) is 10.9. The SMILES string of the molecule is Cc1ccc(C(=O)OC[C@]2(CO)C/C(=C\CC(CC(C)C)CC(C)C)C(=O)O2)cc1. The Labute approximate surface area is 180 Å². The smallest absolute Gasteiger partial charge is 0.338 e. The molecule has 1 aliphatic rings. The highest BCUT2D eigenvalue weighted by atomic mass is 16.6. The van der Waals surface area contributed by atoms with Gasteiger partial charge in [-0.15, -0.1) is 0 Å². The molecule has 0 aliphatic carbocycles. The number of carbonyl (C=O) groups excluding carboxylic acids is 2. The second kappa shape index (κ2) is 10.8. The van der Waals surface area contributed by atoms with E-state index in [4.69, 9.17) is 9.47 Å². The van der Waals surface area contributed by atoms with E-state index in [2.05, 4.69) is 27.7 Å². The molecule has 1 saturated heterocycles. The predicted molar refractivity (Wildman–Crippen MR) is 117 cm³/mol. The van der Waals surface area contributed by atoms with Crippen LogP contribution < -0.4 is 0 Å². The van der Waals surface area contributed by atoms with E-state index in [0.717, 1.165) is 24.8 Å². The Morgan fingerprint density at radius 1 is 1.17 bits per heavy atom. The summed E-state index contributed by atoms with van der Waals surface area (Å²) in [4.78, 5) is 24.7. The zero-order valence-corrected chi connectivity index (χ0v) is 18.9. The minimum atomic E-state index is -1.20. The van der Waals surface area contributed by atoms with Crippen molar-refractivity contribution in [2.24, 2.45) is 17.8 Å². The number of hydrogen-bond donors (Lipinski definition) is 1. The Morgan fingerprint density at radius 2 is 1.77 bits per heavy atom. The maximum atomic E-state index is 12.4. The van der Waals surface area contributed by atoms with E-state index in [0.29, 0.717) is 28.9 Å². The van der Waals surface area contributed by atoms with Crippen LogP contribution in [0.25, 0.3) is 0 Å². The van der Waals surface area contributed by atoms with E-state index in [-0.39, 0.29) is 13.0 Å². The lowest BCUT2D eigenvalue weighted by Crippen LogP contribution is -2.39. The minimum Gasteiger partial charge on any atom is -0.458 e. The van der Waals surface area contributed by atoms with Crippen LogP contribution >= 0.6 is 0 Å². The van der Waals surface area contributed by atoms with Crippen LogP contribution in [0.4, 0.5) is 0 Å². The topological polar surface area (TPSA) is 72.8 Å². The molecule has 0 radical (unpaired) electrons. The van der Waals surface area contributed by atoms with Crippen molar-refractivity contribution in [3.63, 3.8) is 0 Å². The second-order valence-corrected chi connectivity index (χ2v) is 9.44. The number of rotatable bonds is 10. The van der Waals surface area contributed by atoms with E-state index >= 15 is 0 Å². The van der Waals surface area contributed by atoms with Crippen LogP contribution in [0.5, 0.6) is 0 Å². The van der Waals surface area contributed by atoms with Gasteiger partial charge in [0, 0.05) is 12.0 Å². The van der Waals surface area contributed by atoms with Gasteiger partial charge in [0.05, 0.1) is 12.2 Å². The maximum Gasteiger partial charge on any atom is 0.338 e. The molecule has 0 spiro atoms. The molecule has 1 fully saturated rings. The number of benzene rings is 1. The van der Waals surface area contributed by atoms with Gasteiger partial charge < -0.3 is 14.6 Å². The van der Waals surface area contributed by atoms with Crippen molar-refractivity contribution >= 4 is 11.9 Å². The summed E-state index contributed by atoms with van der Waals surface area (Å²) in [6.45, 7) is 10.2. The van der Waals surface area contributed by atoms with Gasteiger partial charge in [-0.25, -0.2) is 9.59 Å². The Balaban J connectivity index is 2.01. The van der Waals surface area contributed by atoms with Gasteiger partial charge in [-0.3, -0.25) is 0 Å². The number of aliphatic hydroxyl groups is 1. The predicted octanol–water partition coefficient (Wildman–Crippen LogP) is 4.85. The highest BCUT2D eigenvalue weighted by molar-refractivity contribution is 5.92. The molecule has 1 N–H and O–H groups in total. The molecular weight excluding hydrogens is 380 g/mol. The first kappa shape index (κ1) is 24.1. The number of carbonyl (C=O) groups is 2. The molecule has 0 amide bonds. The zero-order chi connectivity index (χ0) is 22.3. The fourth-order valence-electron chi connectivity index (χ4n) is 3.99. The van der Waals surface area contributed by atoms with Crippen LogP contribution in [-0.2, 0) is 14.3 Å². The van der Waals surface area contributed by atoms with E-state index in [9.17, 15) is 14.7 Å². The third-order valence-electron chi connectivity index (χ3n) is 5.43. The Kier molecular flexibility index (Phi) is 8.65. The van der Waals surface area contributed by atoms with Crippen molar-refractivity contribution < 1.29 is 24.2 Å². The lowest BCUT2D eigenvalue weighted by Gasteiger charge is -2.24. The highest BCUT2D eigenvalue weighted by Crippen LogP contribution is 2.33. The molecule has 1 heterocycles. The summed E-state index contributed by atoms with van der Waals surface area (Å²) in [5.74, 6) is 0.781. The van der Waals surface area contributed by atoms with Crippen molar-refractivity contribution in [1.29, 1.82) is 0 Å². The number of aryl methyl sites for hydroxylation is 1. The molecule has 1 aromatic rings. The average Bonchev–Trinajstić information content (AvgIpc) is 3.00. The summed E-state index contributed by atoms with van der Waals surface area (Å²) in [7, 11) is 0. The minimum absolute atomic E-state index is 0.166. The number of aliphatic hydroxyl groups excluding tert-OH is 1. The molecule has 5 heteroatoms. The van der Waals surface area contributed by atoms with Crippen LogP contribution in [-0.4, -0.2) is 35.9 Å². The van der Waals surface area contributed by atoms with Gasteiger partial charge in [-0.05, 0) is 56.1 Å². The van der Waals surface area contributed by atoms with Gasteiger partial charge in [0.1, 0.15) is 6.61 Å². The van der Waals surface area contributed by atoms with Gasteiger partial charge in [0.25, 0.3) is 0 Å². The molecule has 1 aliphatic heterocycles. The molecule has 0 unspecified atom stereocenters. The molecule has 30 heavy (non-hydrogen) atoms. The molecule has 0 aromatic heterocycles. The number of esters is 2. The first-order chi connectivity index (χ1) is 14.1. The molecule has 5 nitrogen and oxygen atoms in total.